The molecule has 2 aromatic heterocycles. The molecule has 5 heteroatoms. The summed E-state index contributed by atoms with van der Waals surface area (Å²) in [7, 11) is 0. The number of benzene rings is 1. The molecule has 0 amide bonds. The van der Waals surface area contributed by atoms with E-state index in [9.17, 15) is 0 Å². The maximum absolute atomic E-state index is 5.70. The minimum absolute atomic E-state index is 0.652. The van der Waals surface area contributed by atoms with Gasteiger partial charge in [0.15, 0.2) is 5.58 Å². The highest BCUT2D eigenvalue weighted by atomic mass is 32.2. The molecule has 2 heterocycles. The molecule has 0 fully saturated rings. The molecule has 1 aromatic carbocycles. The van der Waals surface area contributed by atoms with Gasteiger partial charge in [-0.3, -0.25) is 0 Å². The topological polar surface area (TPSA) is 51.0 Å². The molecule has 0 spiro atoms. The van der Waals surface area contributed by atoms with Crippen molar-refractivity contribution in [2.45, 2.75) is 23.5 Å². The van der Waals surface area contributed by atoms with Crippen LogP contribution in [0.1, 0.15) is 13.3 Å². The summed E-state index contributed by atoms with van der Waals surface area (Å²) >= 11 is 1.50. The highest BCUT2D eigenvalue weighted by Gasteiger charge is 2.07. The highest BCUT2D eigenvalue weighted by molar-refractivity contribution is 7.99. The third kappa shape index (κ3) is 2.93. The first-order valence-corrected chi connectivity index (χ1v) is 7.40. The molecule has 3 aromatic rings. The van der Waals surface area contributed by atoms with E-state index in [0.29, 0.717) is 5.22 Å². The summed E-state index contributed by atoms with van der Waals surface area (Å²) in [5.41, 5.74) is 1.70. The van der Waals surface area contributed by atoms with Gasteiger partial charge in [0.2, 0.25) is 0 Å². The average Bonchev–Trinajstić information content (AvgIpc) is 2.87. The van der Waals surface area contributed by atoms with E-state index in [-0.39, 0.29) is 0 Å². The first-order valence-electron chi connectivity index (χ1n) is 6.58. The second-order valence-electron chi connectivity index (χ2n) is 4.35. The Morgan fingerprint density at radius 3 is 3.00 bits per heavy atom. The van der Waals surface area contributed by atoms with E-state index in [1.165, 1.54) is 11.8 Å². The Morgan fingerprint density at radius 2 is 2.15 bits per heavy atom. The third-order valence-corrected chi connectivity index (χ3v) is 3.61. The lowest BCUT2D eigenvalue weighted by molar-refractivity contribution is 0.489. The molecule has 102 valence electrons. The zero-order chi connectivity index (χ0) is 13.8. The van der Waals surface area contributed by atoms with Gasteiger partial charge in [0.1, 0.15) is 11.3 Å². The predicted octanol–water partition coefficient (Wildman–Crippen LogP) is 4.20. The molecule has 4 nitrogen and oxygen atoms in total. The first-order chi connectivity index (χ1) is 9.85. The Bertz CT molecular complexity index is 678. The first kappa shape index (κ1) is 13.0. The molecule has 1 N–H and O–H groups in total. The third-order valence-electron chi connectivity index (χ3n) is 2.77. The molecule has 0 aliphatic heterocycles. The van der Waals surface area contributed by atoms with Crippen molar-refractivity contribution in [1.29, 1.82) is 0 Å². The van der Waals surface area contributed by atoms with Gasteiger partial charge in [0.25, 0.3) is 5.22 Å². The molecule has 0 aliphatic rings. The lowest BCUT2D eigenvalue weighted by Gasteiger charge is -2.04. The van der Waals surface area contributed by atoms with E-state index < -0.39 is 0 Å². The van der Waals surface area contributed by atoms with Gasteiger partial charge >= 0.3 is 0 Å². The maximum atomic E-state index is 5.70. The van der Waals surface area contributed by atoms with Crippen molar-refractivity contribution in [3.63, 3.8) is 0 Å². The summed E-state index contributed by atoms with van der Waals surface area (Å²) < 4.78 is 5.70. The van der Waals surface area contributed by atoms with E-state index in [1.54, 1.807) is 6.20 Å². The number of fused-ring (bicyclic) bond motifs is 1. The molecule has 20 heavy (non-hydrogen) atoms. The number of rotatable bonds is 5. The van der Waals surface area contributed by atoms with Crippen LogP contribution in [-0.2, 0) is 0 Å². The summed E-state index contributed by atoms with van der Waals surface area (Å²) in [5, 5.41) is 3.92. The number of hydrogen-bond donors (Lipinski definition) is 1. The van der Waals surface area contributed by atoms with Crippen LogP contribution in [0.25, 0.3) is 11.1 Å². The molecule has 3 rings (SSSR count). The minimum atomic E-state index is 0.652. The average molecular weight is 285 g/mol. The van der Waals surface area contributed by atoms with Crippen LogP contribution in [0, 0.1) is 0 Å². The number of aromatic nitrogens is 2. The number of pyridine rings is 1. The lowest BCUT2D eigenvalue weighted by atomic mass is 10.3. The summed E-state index contributed by atoms with van der Waals surface area (Å²) in [4.78, 5) is 9.80. The number of hydrogen-bond acceptors (Lipinski definition) is 5. The Morgan fingerprint density at radius 1 is 1.25 bits per heavy atom. The number of oxazole rings is 1. The summed E-state index contributed by atoms with van der Waals surface area (Å²) in [5.74, 6) is 0.882. The van der Waals surface area contributed by atoms with Crippen LogP contribution in [0.3, 0.4) is 0 Å². The van der Waals surface area contributed by atoms with Gasteiger partial charge in [-0.15, -0.1) is 0 Å². The Labute approximate surface area is 121 Å². The Balaban J connectivity index is 1.79. The molecule has 0 atom stereocenters. The van der Waals surface area contributed by atoms with Gasteiger partial charge in [0.05, 0.1) is 0 Å². The van der Waals surface area contributed by atoms with Gasteiger partial charge in [-0.25, -0.2) is 9.97 Å². The molecule has 0 aliphatic carbocycles. The fourth-order valence-corrected chi connectivity index (χ4v) is 2.60. The summed E-state index contributed by atoms with van der Waals surface area (Å²) in [6, 6.07) is 11.7. The molecular weight excluding hydrogens is 270 g/mol. The normalized spacial score (nSPS) is 10.8. The minimum Gasteiger partial charge on any atom is -0.431 e. The fourth-order valence-electron chi connectivity index (χ4n) is 1.82. The maximum Gasteiger partial charge on any atom is 0.261 e. The van der Waals surface area contributed by atoms with Crippen molar-refractivity contribution in [2.75, 3.05) is 11.9 Å². The quantitative estimate of drug-likeness (QED) is 0.761. The van der Waals surface area contributed by atoms with Crippen molar-refractivity contribution in [3.05, 3.63) is 42.6 Å². The predicted molar refractivity (Wildman–Crippen MR) is 81.1 cm³/mol. The van der Waals surface area contributed by atoms with Gasteiger partial charge in [-0.2, -0.15) is 0 Å². The molecule has 0 bridgehead atoms. The Kier molecular flexibility index (Phi) is 3.87. The summed E-state index contributed by atoms with van der Waals surface area (Å²) in [6.45, 7) is 3.05. The van der Waals surface area contributed by atoms with E-state index in [0.717, 1.165) is 34.8 Å². The number of para-hydroxylation sites is 2. The lowest BCUT2D eigenvalue weighted by Crippen LogP contribution is -2.01. The number of anilines is 1. The van der Waals surface area contributed by atoms with Crippen molar-refractivity contribution in [3.8, 4) is 0 Å². The number of nitrogens with one attached hydrogen (secondary N) is 1. The van der Waals surface area contributed by atoms with Crippen molar-refractivity contribution < 1.29 is 4.42 Å². The van der Waals surface area contributed by atoms with Crippen LogP contribution in [0.15, 0.2) is 57.1 Å². The van der Waals surface area contributed by atoms with E-state index in [2.05, 4.69) is 22.2 Å². The smallest absolute Gasteiger partial charge is 0.261 e. The highest BCUT2D eigenvalue weighted by Crippen LogP contribution is 2.30. The van der Waals surface area contributed by atoms with Crippen LogP contribution in [-0.4, -0.2) is 16.5 Å². The van der Waals surface area contributed by atoms with Gasteiger partial charge in [-0.05, 0) is 42.4 Å². The zero-order valence-electron chi connectivity index (χ0n) is 11.2. The second kappa shape index (κ2) is 5.96. The van der Waals surface area contributed by atoms with E-state index >= 15 is 0 Å². The van der Waals surface area contributed by atoms with Crippen molar-refractivity contribution in [2.24, 2.45) is 0 Å². The van der Waals surface area contributed by atoms with Gasteiger partial charge < -0.3 is 9.73 Å². The van der Waals surface area contributed by atoms with Gasteiger partial charge in [-0.1, -0.05) is 19.1 Å². The molecule has 0 unspecified atom stereocenters. The van der Waals surface area contributed by atoms with Crippen LogP contribution in [0.2, 0.25) is 0 Å². The van der Waals surface area contributed by atoms with Crippen molar-refractivity contribution >= 4 is 28.7 Å². The fraction of sp³-hybridized carbons (Fsp3) is 0.200. The Hall–Kier alpha value is -2.01. The SMILES string of the molecule is CCCNc1cc(Sc2nc3ccccc3o2)ccn1. The molecule has 0 saturated heterocycles. The molecule has 0 saturated carbocycles. The summed E-state index contributed by atoms with van der Waals surface area (Å²) in [6.07, 6.45) is 2.87. The standard InChI is InChI=1S/C15H15N3OS/c1-2-8-16-14-10-11(7-9-17-14)20-15-18-12-5-3-4-6-13(12)19-15/h3-7,9-10H,2,8H2,1H3,(H,16,17). The van der Waals surface area contributed by atoms with E-state index in [4.69, 9.17) is 4.42 Å². The van der Waals surface area contributed by atoms with Crippen LogP contribution in [0.5, 0.6) is 0 Å². The van der Waals surface area contributed by atoms with Crippen LogP contribution >= 0.6 is 11.8 Å². The number of nitrogens with zero attached hydrogens (tertiary/aromatic N) is 2. The van der Waals surface area contributed by atoms with Crippen molar-refractivity contribution in [1.82, 2.24) is 9.97 Å². The zero-order valence-corrected chi connectivity index (χ0v) is 12.0. The van der Waals surface area contributed by atoms with Crippen LogP contribution < -0.4 is 5.32 Å². The molecule has 0 radical (unpaired) electrons. The van der Waals surface area contributed by atoms with Gasteiger partial charge in [0, 0.05) is 17.6 Å². The second-order valence-corrected chi connectivity index (χ2v) is 5.38. The molecular formula is C15H15N3OS. The van der Waals surface area contributed by atoms with E-state index in [1.807, 2.05) is 36.4 Å². The largest absolute Gasteiger partial charge is 0.431 e. The monoisotopic (exact) mass is 285 g/mol. The van der Waals surface area contributed by atoms with Crippen LogP contribution in [0.4, 0.5) is 5.82 Å².